The van der Waals surface area contributed by atoms with E-state index >= 15 is 0 Å². The van der Waals surface area contributed by atoms with Crippen molar-refractivity contribution in [1.82, 2.24) is 0 Å². The number of rotatable bonds is 5. The second-order valence-electron chi connectivity index (χ2n) is 4.37. The van der Waals surface area contributed by atoms with Crippen LogP contribution in [0.15, 0.2) is 48.5 Å². The molecule has 0 saturated heterocycles. The Kier molecular flexibility index (Phi) is 4.08. The number of para-hydroxylation sites is 2. The molecule has 0 aliphatic carbocycles. The van der Waals surface area contributed by atoms with E-state index in [4.69, 9.17) is 5.73 Å². The second-order valence-corrected chi connectivity index (χ2v) is 6.09. The summed E-state index contributed by atoms with van der Waals surface area (Å²) in [6.45, 7) is 0. The summed E-state index contributed by atoms with van der Waals surface area (Å²) in [5.41, 5.74) is 6.66. The average Bonchev–Trinajstić information content (AvgIpc) is 2.41. The number of nitrogens with two attached hydrogens (primary N) is 1. The van der Waals surface area contributed by atoms with Gasteiger partial charge in [-0.1, -0.05) is 24.3 Å². The summed E-state index contributed by atoms with van der Waals surface area (Å²) in [6.07, 6.45) is 0. The Labute approximate surface area is 121 Å². The molecule has 0 unspecified atom stereocenters. The molecule has 0 fully saturated rings. The molecular formula is C13H13N3O4S. The Morgan fingerprint density at radius 2 is 1.71 bits per heavy atom. The van der Waals surface area contributed by atoms with Crippen LogP contribution in [0.3, 0.4) is 0 Å². The third kappa shape index (κ3) is 3.93. The van der Waals surface area contributed by atoms with Crippen LogP contribution < -0.4 is 10.5 Å². The van der Waals surface area contributed by atoms with Gasteiger partial charge in [-0.2, -0.15) is 0 Å². The lowest BCUT2D eigenvalue weighted by Gasteiger charge is -2.10. The Balaban J connectivity index is 2.14. The van der Waals surface area contributed by atoms with Crippen molar-refractivity contribution in [1.29, 1.82) is 0 Å². The van der Waals surface area contributed by atoms with Crippen molar-refractivity contribution in [2.75, 3.05) is 10.5 Å². The third-order valence-electron chi connectivity index (χ3n) is 2.73. The van der Waals surface area contributed by atoms with Crippen molar-refractivity contribution >= 4 is 27.1 Å². The minimum atomic E-state index is -3.64. The number of nitrogen functional groups attached to an aromatic ring is 1. The molecule has 2 aromatic carbocycles. The molecule has 110 valence electrons. The van der Waals surface area contributed by atoms with Gasteiger partial charge in [-0.3, -0.25) is 14.8 Å². The quantitative estimate of drug-likeness (QED) is 0.498. The Morgan fingerprint density at radius 1 is 1.10 bits per heavy atom. The zero-order valence-corrected chi connectivity index (χ0v) is 11.7. The molecule has 2 rings (SSSR count). The van der Waals surface area contributed by atoms with Gasteiger partial charge in [0, 0.05) is 12.1 Å². The maximum atomic E-state index is 12.0. The van der Waals surface area contributed by atoms with Crippen LogP contribution in [0.1, 0.15) is 5.56 Å². The van der Waals surface area contributed by atoms with Gasteiger partial charge in [-0.05, 0) is 17.7 Å². The van der Waals surface area contributed by atoms with Crippen LogP contribution in [-0.4, -0.2) is 13.3 Å². The number of benzene rings is 2. The zero-order valence-electron chi connectivity index (χ0n) is 10.9. The van der Waals surface area contributed by atoms with Crippen molar-refractivity contribution in [2.45, 2.75) is 5.75 Å². The fourth-order valence-corrected chi connectivity index (χ4v) is 2.95. The molecule has 0 radical (unpaired) electrons. The molecule has 0 heterocycles. The molecule has 0 aromatic heterocycles. The molecule has 8 heteroatoms. The predicted molar refractivity (Wildman–Crippen MR) is 80.2 cm³/mol. The van der Waals surface area contributed by atoms with Crippen LogP contribution in [-0.2, 0) is 15.8 Å². The number of sulfonamides is 1. The minimum Gasteiger partial charge on any atom is -0.397 e. The highest BCUT2D eigenvalue weighted by Gasteiger charge is 2.14. The van der Waals surface area contributed by atoms with Gasteiger partial charge in [-0.15, -0.1) is 0 Å². The van der Waals surface area contributed by atoms with E-state index < -0.39 is 14.9 Å². The molecule has 0 saturated carbocycles. The fraction of sp³-hybridized carbons (Fsp3) is 0.0769. The Morgan fingerprint density at radius 3 is 2.29 bits per heavy atom. The van der Waals surface area contributed by atoms with E-state index in [-0.39, 0.29) is 11.4 Å². The molecule has 0 spiro atoms. The molecule has 21 heavy (non-hydrogen) atoms. The molecule has 7 nitrogen and oxygen atoms in total. The monoisotopic (exact) mass is 307 g/mol. The molecule has 3 N–H and O–H groups in total. The molecule has 0 amide bonds. The van der Waals surface area contributed by atoms with Crippen molar-refractivity contribution in [3.63, 3.8) is 0 Å². The normalized spacial score (nSPS) is 11.0. The summed E-state index contributed by atoms with van der Waals surface area (Å²) >= 11 is 0. The maximum Gasteiger partial charge on any atom is 0.269 e. The first-order valence-electron chi connectivity index (χ1n) is 5.96. The van der Waals surface area contributed by atoms with E-state index in [1.807, 2.05) is 0 Å². The fourth-order valence-electron chi connectivity index (χ4n) is 1.73. The maximum absolute atomic E-state index is 12.0. The van der Waals surface area contributed by atoms with Crippen molar-refractivity contribution in [3.8, 4) is 0 Å². The summed E-state index contributed by atoms with van der Waals surface area (Å²) < 4.78 is 26.5. The predicted octanol–water partition coefficient (Wildman–Crippen LogP) is 2.12. The lowest BCUT2D eigenvalue weighted by atomic mass is 10.2. The number of hydrogen-bond donors (Lipinski definition) is 2. The van der Waals surface area contributed by atoms with Gasteiger partial charge in [0.2, 0.25) is 10.0 Å². The lowest BCUT2D eigenvalue weighted by Crippen LogP contribution is -2.16. The summed E-state index contributed by atoms with van der Waals surface area (Å²) in [4.78, 5) is 10.00. The van der Waals surface area contributed by atoms with Crippen LogP contribution in [0.4, 0.5) is 17.1 Å². The highest BCUT2D eigenvalue weighted by atomic mass is 32.2. The summed E-state index contributed by atoms with van der Waals surface area (Å²) in [5.74, 6) is -0.292. The van der Waals surface area contributed by atoms with E-state index in [1.165, 1.54) is 24.3 Å². The average molecular weight is 307 g/mol. The first-order chi connectivity index (χ1) is 9.87. The largest absolute Gasteiger partial charge is 0.397 e. The Hall–Kier alpha value is -2.61. The standard InChI is InChI=1S/C13H13N3O4S/c14-12-3-1-2-4-13(12)15-21(19,20)9-10-5-7-11(8-6-10)16(17)18/h1-8,15H,9,14H2. The van der Waals surface area contributed by atoms with E-state index in [0.29, 0.717) is 16.9 Å². The smallest absolute Gasteiger partial charge is 0.269 e. The third-order valence-corrected chi connectivity index (χ3v) is 3.97. The second kappa shape index (κ2) is 5.80. The Bertz CT molecular complexity index is 757. The summed E-state index contributed by atoms with van der Waals surface area (Å²) in [7, 11) is -3.64. The first-order valence-corrected chi connectivity index (χ1v) is 7.61. The van der Waals surface area contributed by atoms with Gasteiger partial charge < -0.3 is 5.73 Å². The van der Waals surface area contributed by atoms with Crippen LogP contribution in [0.25, 0.3) is 0 Å². The van der Waals surface area contributed by atoms with Gasteiger partial charge in [0.1, 0.15) is 0 Å². The van der Waals surface area contributed by atoms with Crippen LogP contribution in [0, 0.1) is 10.1 Å². The van der Waals surface area contributed by atoms with Gasteiger partial charge in [-0.25, -0.2) is 8.42 Å². The number of anilines is 2. The van der Waals surface area contributed by atoms with Crippen LogP contribution in [0.5, 0.6) is 0 Å². The molecule has 0 aliphatic rings. The topological polar surface area (TPSA) is 115 Å². The molecule has 0 atom stereocenters. The highest BCUT2D eigenvalue weighted by molar-refractivity contribution is 7.91. The van der Waals surface area contributed by atoms with Crippen LogP contribution in [0.2, 0.25) is 0 Å². The molecule has 0 bridgehead atoms. The van der Waals surface area contributed by atoms with Gasteiger partial charge in [0.25, 0.3) is 5.69 Å². The van der Waals surface area contributed by atoms with Crippen molar-refractivity contribution in [2.24, 2.45) is 0 Å². The van der Waals surface area contributed by atoms with Crippen molar-refractivity contribution < 1.29 is 13.3 Å². The molecular weight excluding hydrogens is 294 g/mol. The SMILES string of the molecule is Nc1ccccc1NS(=O)(=O)Cc1ccc([N+](=O)[O-])cc1. The number of nitrogens with zero attached hydrogens (tertiary/aromatic N) is 1. The number of hydrogen-bond acceptors (Lipinski definition) is 5. The number of nitro benzene ring substituents is 1. The summed E-state index contributed by atoms with van der Waals surface area (Å²) in [6, 6.07) is 11.9. The number of nitrogens with one attached hydrogen (secondary N) is 1. The van der Waals surface area contributed by atoms with Crippen LogP contribution >= 0.6 is 0 Å². The zero-order chi connectivity index (χ0) is 15.5. The first kappa shape index (κ1) is 14.8. The number of nitro groups is 1. The van der Waals surface area contributed by atoms with E-state index in [0.717, 1.165) is 0 Å². The lowest BCUT2D eigenvalue weighted by molar-refractivity contribution is -0.384. The summed E-state index contributed by atoms with van der Waals surface area (Å²) in [5, 5.41) is 10.5. The molecule has 0 aliphatic heterocycles. The molecule has 2 aromatic rings. The van der Waals surface area contributed by atoms with Gasteiger partial charge >= 0.3 is 0 Å². The highest BCUT2D eigenvalue weighted by Crippen LogP contribution is 2.20. The van der Waals surface area contributed by atoms with E-state index in [9.17, 15) is 18.5 Å². The van der Waals surface area contributed by atoms with E-state index in [1.54, 1.807) is 24.3 Å². The minimum absolute atomic E-state index is 0.0867. The van der Waals surface area contributed by atoms with Gasteiger partial charge in [0.15, 0.2) is 0 Å². The van der Waals surface area contributed by atoms with Gasteiger partial charge in [0.05, 0.1) is 22.1 Å². The number of non-ortho nitro benzene ring substituents is 1. The van der Waals surface area contributed by atoms with Crippen molar-refractivity contribution in [3.05, 3.63) is 64.2 Å². The van der Waals surface area contributed by atoms with E-state index in [2.05, 4.69) is 4.72 Å².